The van der Waals surface area contributed by atoms with Crippen LogP contribution < -0.4 is 5.32 Å². The third-order valence-corrected chi connectivity index (χ3v) is 4.10. The highest BCUT2D eigenvalue weighted by Crippen LogP contribution is 2.31. The van der Waals surface area contributed by atoms with Crippen molar-refractivity contribution in [3.05, 3.63) is 90.4 Å². The van der Waals surface area contributed by atoms with Crippen molar-refractivity contribution in [3.63, 3.8) is 0 Å². The molecule has 0 atom stereocenters. The highest BCUT2D eigenvalue weighted by molar-refractivity contribution is 6.05. The van der Waals surface area contributed by atoms with E-state index in [-0.39, 0.29) is 11.3 Å². The van der Waals surface area contributed by atoms with Crippen molar-refractivity contribution in [2.75, 3.05) is 5.32 Å². The summed E-state index contributed by atoms with van der Waals surface area (Å²) in [4.78, 5) is 20.8. The number of nitrogens with zero attached hydrogens (tertiary/aromatic N) is 2. The lowest BCUT2D eigenvalue weighted by molar-refractivity contribution is 0.102. The van der Waals surface area contributed by atoms with E-state index in [1.165, 1.54) is 24.4 Å². The van der Waals surface area contributed by atoms with Crippen LogP contribution in [0.2, 0.25) is 0 Å². The summed E-state index contributed by atoms with van der Waals surface area (Å²) in [5, 5.41) is 3.37. The Balaban J connectivity index is 1.81. The van der Waals surface area contributed by atoms with Gasteiger partial charge in [0.1, 0.15) is 17.3 Å². The van der Waals surface area contributed by atoms with E-state index in [2.05, 4.69) is 15.3 Å². The normalized spacial score (nSPS) is 10.7. The zero-order valence-corrected chi connectivity index (χ0v) is 14.0. The number of halogens is 2. The molecule has 0 bridgehead atoms. The lowest BCUT2D eigenvalue weighted by Crippen LogP contribution is -2.13. The number of fused-ring (bicyclic) bond motifs is 1. The molecule has 0 radical (unpaired) electrons. The van der Waals surface area contributed by atoms with E-state index < -0.39 is 17.5 Å². The van der Waals surface area contributed by atoms with E-state index >= 15 is 0 Å². The molecule has 0 fully saturated rings. The van der Waals surface area contributed by atoms with Gasteiger partial charge in [-0.3, -0.25) is 9.78 Å². The van der Waals surface area contributed by atoms with E-state index in [1.807, 2.05) is 0 Å². The topological polar surface area (TPSA) is 54.9 Å². The number of para-hydroxylation sites is 1. The summed E-state index contributed by atoms with van der Waals surface area (Å²) in [5.41, 5.74) is 1.13. The molecule has 2 aromatic carbocycles. The van der Waals surface area contributed by atoms with E-state index in [9.17, 15) is 13.6 Å². The number of carbonyl (C=O) groups is 1. The van der Waals surface area contributed by atoms with Gasteiger partial charge >= 0.3 is 0 Å². The molecule has 0 saturated heterocycles. The maximum absolute atomic E-state index is 14.3. The number of benzene rings is 2. The molecule has 1 N–H and O–H groups in total. The average molecular weight is 361 g/mol. The maximum atomic E-state index is 14.3. The third kappa shape index (κ3) is 3.25. The second-order valence-corrected chi connectivity index (χ2v) is 5.87. The number of carbonyl (C=O) groups excluding carboxylic acids is 1. The van der Waals surface area contributed by atoms with Crippen LogP contribution in [0.1, 0.15) is 10.5 Å². The molecule has 27 heavy (non-hydrogen) atoms. The first kappa shape index (κ1) is 16.8. The smallest absolute Gasteiger partial charge is 0.274 e. The van der Waals surface area contributed by atoms with Gasteiger partial charge in [-0.05, 0) is 30.3 Å². The fraction of sp³-hybridized carbons (Fsp3) is 0. The number of anilines is 1. The summed E-state index contributed by atoms with van der Waals surface area (Å²) >= 11 is 0. The molecule has 1 amide bonds. The van der Waals surface area contributed by atoms with Crippen LogP contribution in [0.15, 0.2) is 73.1 Å². The highest BCUT2D eigenvalue weighted by Gasteiger charge is 2.16. The van der Waals surface area contributed by atoms with Crippen LogP contribution in [0.5, 0.6) is 0 Å². The molecule has 4 nitrogen and oxygen atoms in total. The largest absolute Gasteiger partial charge is 0.319 e. The van der Waals surface area contributed by atoms with Gasteiger partial charge in [0.25, 0.3) is 5.91 Å². The first-order valence-electron chi connectivity index (χ1n) is 8.19. The fourth-order valence-electron chi connectivity index (χ4n) is 2.86. The van der Waals surface area contributed by atoms with Crippen LogP contribution >= 0.6 is 0 Å². The molecule has 0 unspecified atom stereocenters. The SMILES string of the molecule is O=C(Nc1cccnc1)c1ccc2cccc(-c3c(F)cccc3F)c2n1. The Morgan fingerprint density at radius 1 is 0.889 bits per heavy atom. The molecule has 6 heteroatoms. The van der Waals surface area contributed by atoms with Crippen LogP contribution in [0, 0.1) is 11.6 Å². The second-order valence-electron chi connectivity index (χ2n) is 5.87. The Kier molecular flexibility index (Phi) is 4.30. The van der Waals surface area contributed by atoms with Crippen LogP contribution in [-0.4, -0.2) is 15.9 Å². The number of aromatic nitrogens is 2. The van der Waals surface area contributed by atoms with Crippen LogP contribution in [0.4, 0.5) is 14.5 Å². The molecule has 0 spiro atoms. The standard InChI is InChI=1S/C21H13F2N3O/c22-16-7-2-8-17(23)19(16)15-6-1-4-13-9-10-18(26-20(13)15)21(27)25-14-5-3-11-24-12-14/h1-12H,(H,25,27). The average Bonchev–Trinajstić information content (AvgIpc) is 2.68. The predicted molar refractivity (Wildman–Crippen MR) is 99.3 cm³/mol. The van der Waals surface area contributed by atoms with Crippen molar-refractivity contribution in [2.24, 2.45) is 0 Å². The zero-order chi connectivity index (χ0) is 18.8. The number of hydrogen-bond donors (Lipinski definition) is 1. The van der Waals surface area contributed by atoms with Gasteiger partial charge in [-0.1, -0.05) is 30.3 Å². The summed E-state index contributed by atoms with van der Waals surface area (Å²) in [7, 11) is 0. The summed E-state index contributed by atoms with van der Waals surface area (Å²) in [6.07, 6.45) is 3.11. The van der Waals surface area contributed by atoms with Gasteiger partial charge < -0.3 is 5.32 Å². The predicted octanol–water partition coefficient (Wildman–Crippen LogP) is 4.83. The molecular weight excluding hydrogens is 348 g/mol. The van der Waals surface area contributed by atoms with Gasteiger partial charge in [0, 0.05) is 17.1 Å². The van der Waals surface area contributed by atoms with Crippen LogP contribution in [0.25, 0.3) is 22.0 Å². The van der Waals surface area contributed by atoms with Gasteiger partial charge in [0.15, 0.2) is 0 Å². The van der Waals surface area contributed by atoms with Crippen molar-refractivity contribution < 1.29 is 13.6 Å². The Hall–Kier alpha value is -3.67. The lowest BCUT2D eigenvalue weighted by Gasteiger charge is -2.10. The van der Waals surface area contributed by atoms with Crippen LogP contribution in [0.3, 0.4) is 0 Å². The highest BCUT2D eigenvalue weighted by atomic mass is 19.1. The van der Waals surface area contributed by atoms with Crippen molar-refractivity contribution in [1.82, 2.24) is 9.97 Å². The summed E-state index contributed by atoms with van der Waals surface area (Å²) in [6.45, 7) is 0. The zero-order valence-electron chi connectivity index (χ0n) is 14.0. The van der Waals surface area contributed by atoms with Crippen molar-refractivity contribution in [3.8, 4) is 11.1 Å². The minimum atomic E-state index is -0.686. The Morgan fingerprint density at radius 2 is 1.67 bits per heavy atom. The Morgan fingerprint density at radius 3 is 2.41 bits per heavy atom. The molecule has 0 saturated carbocycles. The molecular formula is C21H13F2N3O. The lowest BCUT2D eigenvalue weighted by atomic mass is 10.0. The summed E-state index contributed by atoms with van der Waals surface area (Å²) < 4.78 is 28.5. The number of rotatable bonds is 3. The Bertz CT molecular complexity index is 1130. The number of nitrogens with one attached hydrogen (secondary N) is 1. The summed E-state index contributed by atoms with van der Waals surface area (Å²) in [5.74, 6) is -1.81. The molecule has 0 aliphatic heterocycles. The van der Waals surface area contributed by atoms with E-state index in [0.717, 1.165) is 0 Å². The number of amides is 1. The van der Waals surface area contributed by atoms with E-state index in [0.29, 0.717) is 22.2 Å². The quantitative estimate of drug-likeness (QED) is 0.569. The van der Waals surface area contributed by atoms with Gasteiger partial charge in [-0.2, -0.15) is 0 Å². The molecule has 132 valence electrons. The molecule has 0 aliphatic carbocycles. The third-order valence-electron chi connectivity index (χ3n) is 4.10. The second kappa shape index (κ2) is 6.92. The van der Waals surface area contributed by atoms with Gasteiger partial charge in [0.2, 0.25) is 0 Å². The molecule has 2 aromatic heterocycles. The van der Waals surface area contributed by atoms with Gasteiger partial charge in [0.05, 0.1) is 23.0 Å². The van der Waals surface area contributed by atoms with Crippen molar-refractivity contribution >= 4 is 22.5 Å². The minimum absolute atomic E-state index is 0.135. The van der Waals surface area contributed by atoms with Gasteiger partial charge in [-0.25, -0.2) is 13.8 Å². The van der Waals surface area contributed by atoms with Crippen molar-refractivity contribution in [2.45, 2.75) is 0 Å². The number of hydrogen-bond acceptors (Lipinski definition) is 3. The first-order chi connectivity index (χ1) is 13.1. The molecule has 4 rings (SSSR count). The molecule has 2 heterocycles. The van der Waals surface area contributed by atoms with E-state index in [1.54, 1.807) is 48.7 Å². The van der Waals surface area contributed by atoms with E-state index in [4.69, 9.17) is 0 Å². The van der Waals surface area contributed by atoms with Gasteiger partial charge in [-0.15, -0.1) is 0 Å². The minimum Gasteiger partial charge on any atom is -0.319 e. The first-order valence-corrected chi connectivity index (χ1v) is 8.19. The van der Waals surface area contributed by atoms with Crippen LogP contribution in [-0.2, 0) is 0 Å². The fourth-order valence-corrected chi connectivity index (χ4v) is 2.86. The Labute approximate surface area is 153 Å². The maximum Gasteiger partial charge on any atom is 0.274 e. The van der Waals surface area contributed by atoms with Crippen molar-refractivity contribution in [1.29, 1.82) is 0 Å². The number of pyridine rings is 2. The molecule has 4 aromatic rings. The summed E-state index contributed by atoms with van der Waals surface area (Å²) in [6, 6.07) is 15.4. The molecule has 0 aliphatic rings. The monoisotopic (exact) mass is 361 g/mol.